The van der Waals surface area contributed by atoms with Gasteiger partial charge in [-0.25, -0.2) is 0 Å². The Morgan fingerprint density at radius 3 is 1.75 bits per heavy atom. The summed E-state index contributed by atoms with van der Waals surface area (Å²) in [4.78, 5) is 0. The Hall–Kier alpha value is 0.954. The van der Waals surface area contributed by atoms with Gasteiger partial charge >= 0.3 is 42.6 Å². The fraction of sp³-hybridized carbons (Fsp3) is 0. The zero-order valence-corrected chi connectivity index (χ0v) is 10.7. The van der Waals surface area contributed by atoms with E-state index in [0.717, 1.165) is 5.69 Å². The van der Waals surface area contributed by atoms with Gasteiger partial charge < -0.3 is 4.72 Å². The van der Waals surface area contributed by atoms with Crippen molar-refractivity contribution < 1.29 is 14.7 Å². The van der Waals surface area contributed by atoms with Crippen molar-refractivity contribution in [2.24, 2.45) is 0 Å². The van der Waals surface area contributed by atoms with Crippen LogP contribution in [-0.2, 0) is 14.7 Å². The molecule has 12 heavy (non-hydrogen) atoms. The Balaban J connectivity index is 0.000000261. The molecule has 0 heterocycles. The number of hydrogen-bond donors (Lipinski definition) is 2. The molecule has 67 valence electrons. The molecule has 1 N–H and O–H groups in total. The zero-order chi connectivity index (χ0) is 9.40. The van der Waals surface area contributed by atoms with Crippen LogP contribution in [0.3, 0.4) is 0 Å². The number of hydrogen-bond acceptors (Lipinski definition) is 2. The molecule has 1 rings (SSSR count). The second-order valence-corrected chi connectivity index (χ2v) is 9.65. The first kappa shape index (κ1) is 13.0. The first-order chi connectivity index (χ1) is 5.66. The Morgan fingerprint density at radius 1 is 1.08 bits per heavy atom. The van der Waals surface area contributed by atoms with Crippen molar-refractivity contribution in [3.8, 4) is 0 Å². The van der Waals surface area contributed by atoms with E-state index in [0.29, 0.717) is 0 Å². The van der Waals surface area contributed by atoms with Crippen LogP contribution in [0, 0.1) is 0 Å². The summed E-state index contributed by atoms with van der Waals surface area (Å²) >= 11 is 1.94. The standard InChI is InChI=1S/C6H7NS.3ClH.Ti/c8-7-6-4-2-1-3-5-6;;;;/h1-5,7-8H;3*1H;/q;;;;+3/p-3. The van der Waals surface area contributed by atoms with E-state index in [9.17, 15) is 0 Å². The van der Waals surface area contributed by atoms with Gasteiger partial charge in [0.15, 0.2) is 0 Å². The Labute approximate surface area is 95.4 Å². The molecule has 0 aliphatic rings. The second kappa shape index (κ2) is 8.55. The van der Waals surface area contributed by atoms with Crippen LogP contribution in [-0.4, -0.2) is 0 Å². The van der Waals surface area contributed by atoms with Crippen molar-refractivity contribution >= 4 is 46.4 Å². The van der Waals surface area contributed by atoms with Crippen LogP contribution in [0.25, 0.3) is 0 Å². The predicted molar refractivity (Wildman–Crippen MR) is 56.6 cm³/mol. The zero-order valence-electron chi connectivity index (χ0n) is 5.97. The molecule has 0 aliphatic carbocycles. The van der Waals surface area contributed by atoms with E-state index in [4.69, 9.17) is 27.9 Å². The minimum absolute atomic E-state index is 1.02. The molecule has 0 saturated heterocycles. The van der Waals surface area contributed by atoms with Gasteiger partial charge in [-0.05, 0) is 12.1 Å². The van der Waals surface area contributed by atoms with Crippen molar-refractivity contribution in [1.29, 1.82) is 0 Å². The van der Waals surface area contributed by atoms with Crippen LogP contribution >= 0.6 is 40.7 Å². The van der Waals surface area contributed by atoms with E-state index in [1.165, 1.54) is 0 Å². The van der Waals surface area contributed by atoms with Crippen molar-refractivity contribution in [3.05, 3.63) is 30.3 Å². The third-order valence-electron chi connectivity index (χ3n) is 0.903. The van der Waals surface area contributed by atoms with Crippen LogP contribution in [0.15, 0.2) is 30.3 Å². The third kappa shape index (κ3) is 9.05. The summed E-state index contributed by atoms with van der Waals surface area (Å²) in [5.41, 5.74) is 1.02. The molecular weight excluding hydrogens is 272 g/mol. The minimum atomic E-state index is -1.92. The van der Waals surface area contributed by atoms with E-state index in [-0.39, 0.29) is 0 Å². The Bertz CT molecular complexity index is 194. The molecule has 0 saturated carbocycles. The average molecular weight is 279 g/mol. The average Bonchev–Trinajstić information content (AvgIpc) is 2.05. The molecule has 0 bridgehead atoms. The monoisotopic (exact) mass is 278 g/mol. The van der Waals surface area contributed by atoms with Gasteiger partial charge in [-0.15, -0.1) is 0 Å². The third-order valence-corrected chi connectivity index (χ3v) is 1.16. The summed E-state index contributed by atoms with van der Waals surface area (Å²) in [6.07, 6.45) is 0. The molecule has 0 aromatic heterocycles. The number of anilines is 1. The summed E-state index contributed by atoms with van der Waals surface area (Å²) < 4.78 is 2.72. The SMILES string of the molecule is SNc1ccccc1.[Cl][Ti]([Cl])[Cl]. The molecule has 6 heteroatoms. The van der Waals surface area contributed by atoms with Gasteiger partial charge in [0, 0.05) is 5.69 Å². The van der Waals surface area contributed by atoms with Crippen LogP contribution in [0.2, 0.25) is 0 Å². The molecule has 0 atom stereocenters. The molecule has 1 aromatic rings. The maximum absolute atomic E-state index is 4.97. The number of benzene rings is 1. The number of thiol groups is 1. The Morgan fingerprint density at radius 2 is 1.50 bits per heavy atom. The van der Waals surface area contributed by atoms with Crippen LogP contribution in [0.4, 0.5) is 5.69 Å². The van der Waals surface area contributed by atoms with Gasteiger partial charge in [-0.1, -0.05) is 31.0 Å². The number of nitrogens with one attached hydrogen (secondary N) is 1. The van der Waals surface area contributed by atoms with Crippen molar-refractivity contribution in [2.45, 2.75) is 0 Å². The maximum atomic E-state index is 4.97. The van der Waals surface area contributed by atoms with Gasteiger partial charge in [0.2, 0.25) is 0 Å². The molecule has 0 radical (unpaired) electrons. The molecule has 1 aromatic carbocycles. The van der Waals surface area contributed by atoms with Crippen molar-refractivity contribution in [1.82, 2.24) is 0 Å². The number of halogens is 3. The molecule has 0 unspecified atom stereocenters. The quantitative estimate of drug-likeness (QED) is 0.585. The van der Waals surface area contributed by atoms with E-state index in [1.807, 2.05) is 30.3 Å². The van der Waals surface area contributed by atoms with E-state index >= 15 is 0 Å². The van der Waals surface area contributed by atoms with E-state index in [1.54, 1.807) is 0 Å². The molecule has 1 nitrogen and oxygen atoms in total. The van der Waals surface area contributed by atoms with Gasteiger partial charge in [-0.3, -0.25) is 0 Å². The molecule has 0 spiro atoms. The van der Waals surface area contributed by atoms with Crippen molar-refractivity contribution in [2.75, 3.05) is 4.72 Å². The van der Waals surface area contributed by atoms with Gasteiger partial charge in [-0.2, -0.15) is 0 Å². The normalized spacial score (nSPS) is 8.00. The fourth-order valence-corrected chi connectivity index (χ4v) is 0.662. The predicted octanol–water partition coefficient (Wildman–Crippen LogP) is 4.01. The Kier molecular flexibility index (Phi) is 9.23. The molecular formula is C6H7Cl3NSTi. The van der Waals surface area contributed by atoms with Gasteiger partial charge in [0.25, 0.3) is 0 Å². The summed E-state index contributed by atoms with van der Waals surface area (Å²) in [6, 6.07) is 9.78. The van der Waals surface area contributed by atoms with E-state index in [2.05, 4.69) is 17.5 Å². The van der Waals surface area contributed by atoms with Gasteiger partial charge in [0.1, 0.15) is 0 Å². The fourth-order valence-electron chi connectivity index (χ4n) is 0.513. The summed E-state index contributed by atoms with van der Waals surface area (Å²) in [6.45, 7) is 0. The first-order valence-electron chi connectivity index (χ1n) is 2.95. The number of para-hydroxylation sites is 1. The first-order valence-corrected chi connectivity index (χ1v) is 9.84. The van der Waals surface area contributed by atoms with Crippen LogP contribution in [0.1, 0.15) is 0 Å². The molecule has 0 fully saturated rings. The summed E-state index contributed by atoms with van der Waals surface area (Å²) in [5, 5.41) is 0. The van der Waals surface area contributed by atoms with Gasteiger partial charge in [0.05, 0.1) is 0 Å². The van der Waals surface area contributed by atoms with Crippen LogP contribution < -0.4 is 4.72 Å². The second-order valence-electron chi connectivity index (χ2n) is 1.69. The molecule has 0 aliphatic heterocycles. The topological polar surface area (TPSA) is 12.0 Å². The summed E-state index contributed by atoms with van der Waals surface area (Å²) in [5.74, 6) is 0. The van der Waals surface area contributed by atoms with Crippen molar-refractivity contribution in [3.63, 3.8) is 0 Å². The molecule has 0 amide bonds. The van der Waals surface area contributed by atoms with Crippen LogP contribution in [0.5, 0.6) is 0 Å². The van der Waals surface area contributed by atoms with E-state index < -0.39 is 14.7 Å². The summed E-state index contributed by atoms with van der Waals surface area (Å²) in [7, 11) is 14.9. The number of rotatable bonds is 1.